The van der Waals surface area contributed by atoms with Gasteiger partial charge in [0.15, 0.2) is 0 Å². The van der Waals surface area contributed by atoms with Gasteiger partial charge in [-0.25, -0.2) is 0 Å². The summed E-state index contributed by atoms with van der Waals surface area (Å²) in [5.74, 6) is -0.0726. The van der Waals surface area contributed by atoms with Gasteiger partial charge in [-0.1, -0.05) is 18.2 Å². The molecule has 2 aromatic rings. The summed E-state index contributed by atoms with van der Waals surface area (Å²) < 4.78 is 0. The summed E-state index contributed by atoms with van der Waals surface area (Å²) in [6, 6.07) is 11.4. The fourth-order valence-electron chi connectivity index (χ4n) is 2.09. The number of hydrogen-bond donors (Lipinski definition) is 1. The maximum Gasteiger partial charge on any atom is 0.254 e. The first-order chi connectivity index (χ1) is 10.5. The average Bonchev–Trinajstić information content (AvgIpc) is 3.05. The quantitative estimate of drug-likeness (QED) is 0.921. The molecule has 1 N–H and O–H groups in total. The van der Waals surface area contributed by atoms with Gasteiger partial charge in [0, 0.05) is 31.0 Å². The largest absolute Gasteiger partial charge is 0.352 e. The van der Waals surface area contributed by atoms with E-state index in [0.29, 0.717) is 12.1 Å². The average molecular weight is 316 g/mol. The third kappa shape index (κ3) is 3.95. The van der Waals surface area contributed by atoms with Crippen LogP contribution in [0.1, 0.15) is 40.7 Å². The summed E-state index contributed by atoms with van der Waals surface area (Å²) in [5.41, 5.74) is 1.62. The van der Waals surface area contributed by atoms with Crippen molar-refractivity contribution in [3.63, 3.8) is 0 Å². The molecule has 1 aromatic carbocycles. The first kappa shape index (κ1) is 16.2. The number of thiophene rings is 1. The first-order valence-corrected chi connectivity index (χ1v) is 8.01. The summed E-state index contributed by atoms with van der Waals surface area (Å²) in [5, 5.41) is 4.75. The van der Waals surface area contributed by atoms with Gasteiger partial charge in [-0.05, 0) is 36.1 Å². The molecule has 0 saturated carbocycles. The van der Waals surface area contributed by atoms with Crippen molar-refractivity contribution in [2.24, 2.45) is 0 Å². The second-order valence-electron chi connectivity index (χ2n) is 5.21. The van der Waals surface area contributed by atoms with Gasteiger partial charge < -0.3 is 10.2 Å². The van der Waals surface area contributed by atoms with E-state index in [9.17, 15) is 9.59 Å². The van der Waals surface area contributed by atoms with Crippen molar-refractivity contribution in [2.45, 2.75) is 26.4 Å². The van der Waals surface area contributed by atoms with Gasteiger partial charge in [-0.2, -0.15) is 0 Å². The van der Waals surface area contributed by atoms with Gasteiger partial charge in [0.05, 0.1) is 6.04 Å². The first-order valence-electron chi connectivity index (χ1n) is 7.13. The van der Waals surface area contributed by atoms with Crippen molar-refractivity contribution >= 4 is 23.2 Å². The second-order valence-corrected chi connectivity index (χ2v) is 6.19. The molecule has 1 aromatic heterocycles. The van der Waals surface area contributed by atoms with E-state index >= 15 is 0 Å². The second kappa shape index (κ2) is 7.22. The molecule has 0 spiro atoms. The Kier molecular flexibility index (Phi) is 5.33. The lowest BCUT2D eigenvalue weighted by atomic mass is 10.1. The number of rotatable bonds is 5. The predicted octanol–water partition coefficient (Wildman–Crippen LogP) is 3.22. The van der Waals surface area contributed by atoms with Crippen molar-refractivity contribution in [1.29, 1.82) is 0 Å². The van der Waals surface area contributed by atoms with Gasteiger partial charge in [0.1, 0.15) is 0 Å². The Bertz CT molecular complexity index is 635. The molecule has 0 aliphatic rings. The van der Waals surface area contributed by atoms with E-state index in [-0.39, 0.29) is 17.9 Å². The molecule has 116 valence electrons. The number of hydrogen-bond acceptors (Lipinski definition) is 3. The van der Waals surface area contributed by atoms with Crippen molar-refractivity contribution in [3.8, 4) is 0 Å². The van der Waals surface area contributed by atoms with Crippen LogP contribution in [0.2, 0.25) is 0 Å². The predicted molar refractivity (Wildman–Crippen MR) is 88.8 cm³/mol. The van der Waals surface area contributed by atoms with E-state index in [1.54, 1.807) is 28.4 Å². The molecule has 2 amide bonds. The van der Waals surface area contributed by atoms with Crippen LogP contribution in [-0.4, -0.2) is 23.8 Å². The molecule has 1 heterocycles. The van der Waals surface area contributed by atoms with Crippen molar-refractivity contribution in [2.75, 3.05) is 7.05 Å². The number of nitrogens with zero attached hydrogens (tertiary/aromatic N) is 1. The van der Waals surface area contributed by atoms with Crippen LogP contribution in [0.4, 0.5) is 0 Å². The molecule has 0 saturated heterocycles. The fraction of sp³-hybridized carbons (Fsp3) is 0.294. The highest BCUT2D eigenvalue weighted by atomic mass is 32.1. The summed E-state index contributed by atoms with van der Waals surface area (Å²) in [4.78, 5) is 26.3. The van der Waals surface area contributed by atoms with Gasteiger partial charge in [0.25, 0.3) is 5.91 Å². The van der Waals surface area contributed by atoms with Gasteiger partial charge in [-0.3, -0.25) is 9.59 Å². The topological polar surface area (TPSA) is 49.4 Å². The molecular formula is C17H20N2O2S. The summed E-state index contributed by atoms with van der Waals surface area (Å²) in [7, 11) is 1.82. The molecular weight excluding hydrogens is 296 g/mol. The van der Waals surface area contributed by atoms with Crippen LogP contribution in [0.15, 0.2) is 41.8 Å². The highest BCUT2D eigenvalue weighted by Gasteiger charge is 2.19. The zero-order valence-corrected chi connectivity index (χ0v) is 13.8. The monoisotopic (exact) mass is 316 g/mol. The third-order valence-electron chi connectivity index (χ3n) is 3.60. The molecule has 5 heteroatoms. The molecule has 0 bridgehead atoms. The highest BCUT2D eigenvalue weighted by Crippen LogP contribution is 2.24. The lowest BCUT2D eigenvalue weighted by Gasteiger charge is -2.24. The number of carbonyl (C=O) groups is 2. The van der Waals surface area contributed by atoms with Gasteiger partial charge in [0.2, 0.25) is 5.91 Å². The van der Waals surface area contributed by atoms with Crippen molar-refractivity contribution in [3.05, 3.63) is 57.8 Å². The fourth-order valence-corrected chi connectivity index (χ4v) is 2.92. The Morgan fingerprint density at radius 2 is 1.91 bits per heavy atom. The smallest absolute Gasteiger partial charge is 0.254 e. The number of nitrogens with one attached hydrogen (secondary N) is 1. The summed E-state index contributed by atoms with van der Waals surface area (Å²) in [6.45, 7) is 3.99. The van der Waals surface area contributed by atoms with Crippen molar-refractivity contribution in [1.82, 2.24) is 10.2 Å². The van der Waals surface area contributed by atoms with Gasteiger partial charge >= 0.3 is 0 Å². The molecule has 1 atom stereocenters. The number of amides is 2. The van der Waals surface area contributed by atoms with Crippen molar-refractivity contribution < 1.29 is 9.59 Å². The number of carbonyl (C=O) groups excluding carboxylic acids is 2. The van der Waals surface area contributed by atoms with Gasteiger partial charge in [-0.15, -0.1) is 11.3 Å². The Hall–Kier alpha value is -2.14. The third-order valence-corrected chi connectivity index (χ3v) is 4.64. The SMILES string of the molecule is CC(=O)NCc1ccc(C(=O)N(C)C(C)c2cccs2)cc1. The highest BCUT2D eigenvalue weighted by molar-refractivity contribution is 7.10. The molecule has 4 nitrogen and oxygen atoms in total. The lowest BCUT2D eigenvalue weighted by Crippen LogP contribution is -2.29. The Balaban J connectivity index is 2.04. The molecule has 2 rings (SSSR count). The minimum absolute atomic E-state index is 0.00743. The summed E-state index contributed by atoms with van der Waals surface area (Å²) in [6.07, 6.45) is 0. The standard InChI is InChI=1S/C17H20N2O2S/c1-12(16-5-4-10-22-16)19(3)17(21)15-8-6-14(7-9-15)11-18-13(2)20/h4-10,12H,11H2,1-3H3,(H,18,20). The van der Waals surface area contributed by atoms with E-state index in [1.165, 1.54) is 6.92 Å². The zero-order chi connectivity index (χ0) is 16.1. The van der Waals surface area contributed by atoms with E-state index in [0.717, 1.165) is 10.4 Å². The molecule has 0 aliphatic heterocycles. The Morgan fingerprint density at radius 3 is 2.45 bits per heavy atom. The Morgan fingerprint density at radius 1 is 1.23 bits per heavy atom. The zero-order valence-electron chi connectivity index (χ0n) is 13.0. The van der Waals surface area contributed by atoms with Crippen LogP contribution >= 0.6 is 11.3 Å². The minimum atomic E-state index is -0.0651. The Labute approximate surface area is 134 Å². The summed E-state index contributed by atoms with van der Waals surface area (Å²) >= 11 is 1.65. The van der Waals surface area contributed by atoms with Crippen LogP contribution < -0.4 is 5.32 Å². The maximum absolute atomic E-state index is 12.5. The minimum Gasteiger partial charge on any atom is -0.352 e. The van der Waals surface area contributed by atoms with E-state index in [4.69, 9.17) is 0 Å². The van der Waals surface area contributed by atoms with Crippen LogP contribution in [0, 0.1) is 0 Å². The molecule has 1 unspecified atom stereocenters. The van der Waals surface area contributed by atoms with E-state index < -0.39 is 0 Å². The molecule has 0 aliphatic carbocycles. The van der Waals surface area contributed by atoms with Crippen LogP contribution in [-0.2, 0) is 11.3 Å². The van der Waals surface area contributed by atoms with E-state index in [2.05, 4.69) is 5.32 Å². The lowest BCUT2D eigenvalue weighted by molar-refractivity contribution is -0.119. The number of benzene rings is 1. The van der Waals surface area contributed by atoms with Crippen LogP contribution in [0.5, 0.6) is 0 Å². The van der Waals surface area contributed by atoms with E-state index in [1.807, 2.05) is 43.6 Å². The molecule has 0 fully saturated rings. The molecule has 22 heavy (non-hydrogen) atoms. The van der Waals surface area contributed by atoms with Crippen LogP contribution in [0.3, 0.4) is 0 Å². The normalized spacial score (nSPS) is 11.8. The van der Waals surface area contributed by atoms with Crippen LogP contribution in [0.25, 0.3) is 0 Å². The molecule has 0 radical (unpaired) electrons. The maximum atomic E-state index is 12.5.